The van der Waals surface area contributed by atoms with Gasteiger partial charge in [0.1, 0.15) is 17.5 Å². The van der Waals surface area contributed by atoms with E-state index in [1.165, 1.54) is 0 Å². The molecule has 0 unspecified atom stereocenters. The molecule has 7 N–H and O–H groups in total. The summed E-state index contributed by atoms with van der Waals surface area (Å²) in [4.78, 5) is 72.1. The van der Waals surface area contributed by atoms with E-state index >= 15 is 0 Å². The second kappa shape index (κ2) is 26.7. The number of alkyl halides is 2. The molecular weight excluding hydrogens is 894 g/mol. The number of aliphatic hydroxyl groups is 2. The topological polar surface area (TPSA) is 254 Å². The van der Waals surface area contributed by atoms with Gasteiger partial charge in [0.05, 0.1) is 56.0 Å². The van der Waals surface area contributed by atoms with Gasteiger partial charge in [0.15, 0.2) is 0 Å². The zero-order valence-corrected chi connectivity index (χ0v) is 35.0. The monoisotopic (exact) mass is 943 g/mol. The fourth-order valence-corrected chi connectivity index (χ4v) is 5.84. The molecule has 6 atom stereocenters. The van der Waals surface area contributed by atoms with Crippen molar-refractivity contribution in [3.8, 4) is 0 Å². The Bertz CT molecular complexity index is 1570. The van der Waals surface area contributed by atoms with Gasteiger partial charge < -0.3 is 55.7 Å². The van der Waals surface area contributed by atoms with Crippen LogP contribution in [0.5, 0.6) is 0 Å². The van der Waals surface area contributed by atoms with Gasteiger partial charge in [-0.2, -0.15) is 0 Å². The van der Waals surface area contributed by atoms with Crippen LogP contribution in [-0.4, -0.2) is 138 Å². The van der Waals surface area contributed by atoms with E-state index in [1.807, 2.05) is 60.7 Å². The van der Waals surface area contributed by atoms with Gasteiger partial charge in [0.2, 0.25) is 5.91 Å². The number of benzene rings is 2. The minimum atomic E-state index is -0.949. The van der Waals surface area contributed by atoms with E-state index in [4.69, 9.17) is 24.7 Å². The standard InChI is InChI=1S/C17H23BrN2O5.C15H22N2O4.C6H6BrNO4/c18-9-16(22)19-10-15(21)14(8-12-4-2-1-3-5-12)20-17(23)25-13-6-7-24-11-13;16-9-14(18)13(8-11-4-2-1-3-5-11)17-15(19)21-12-6-7-20-10-12;7-3-6(11)12-8-4(9)1-2-5(8)10/h1-5,13-15,21H,6-11H2,(H,19,22)(H,20,23);1-5,12-14,18H,6-10,16H2,(H,17,19);1-3H2/t13-,14-,15+;12-,13-,14+;/m00./s1. The van der Waals surface area contributed by atoms with Gasteiger partial charge in [0, 0.05) is 38.8 Å². The summed E-state index contributed by atoms with van der Waals surface area (Å²) in [7, 11) is 0. The second-order valence-electron chi connectivity index (χ2n) is 13.1. The molecule has 2 aromatic rings. The van der Waals surface area contributed by atoms with Crippen LogP contribution in [0, 0.1) is 0 Å². The van der Waals surface area contributed by atoms with Crippen molar-refractivity contribution < 1.29 is 62.8 Å². The van der Waals surface area contributed by atoms with Crippen molar-refractivity contribution in [3.63, 3.8) is 0 Å². The van der Waals surface area contributed by atoms with Gasteiger partial charge in [-0.1, -0.05) is 92.5 Å². The molecule has 20 heteroatoms. The Hall–Kier alpha value is -4.18. The second-order valence-corrected chi connectivity index (χ2v) is 14.3. The van der Waals surface area contributed by atoms with Crippen LogP contribution in [0.4, 0.5) is 9.59 Å². The Kier molecular flexibility index (Phi) is 22.2. The fraction of sp³-hybridized carbons (Fsp3) is 0.526. The van der Waals surface area contributed by atoms with E-state index in [2.05, 4.69) is 52.6 Å². The number of nitrogens with zero attached hydrogens (tertiary/aromatic N) is 1. The molecule has 3 fully saturated rings. The summed E-state index contributed by atoms with van der Waals surface area (Å²) < 4.78 is 20.9. The third kappa shape index (κ3) is 18.2. The van der Waals surface area contributed by atoms with Crippen molar-refractivity contribution >= 4 is 67.7 Å². The predicted octanol–water partition coefficient (Wildman–Crippen LogP) is 1.41. The molecule has 2 aromatic carbocycles. The van der Waals surface area contributed by atoms with Crippen molar-refractivity contribution in [1.29, 1.82) is 0 Å². The van der Waals surface area contributed by atoms with Crippen LogP contribution in [0.2, 0.25) is 0 Å². The van der Waals surface area contributed by atoms with Crippen LogP contribution in [0.15, 0.2) is 60.7 Å². The van der Waals surface area contributed by atoms with Crippen molar-refractivity contribution in [2.75, 3.05) is 50.2 Å². The molecule has 0 aliphatic carbocycles. The van der Waals surface area contributed by atoms with Crippen LogP contribution in [-0.2, 0) is 55.8 Å². The molecule has 5 rings (SSSR count). The summed E-state index contributed by atoms with van der Waals surface area (Å²) in [5.74, 6) is -1.81. The minimum absolute atomic E-state index is 0.0365. The van der Waals surface area contributed by atoms with Crippen molar-refractivity contribution in [2.45, 2.75) is 75.0 Å². The number of hydrogen-bond donors (Lipinski definition) is 6. The van der Waals surface area contributed by atoms with Gasteiger partial charge in [-0.25, -0.2) is 14.4 Å². The third-order valence-electron chi connectivity index (χ3n) is 8.63. The summed E-state index contributed by atoms with van der Waals surface area (Å²) in [6.45, 7) is 2.11. The molecule has 3 heterocycles. The Morgan fingerprint density at radius 3 is 1.62 bits per heavy atom. The van der Waals surface area contributed by atoms with Crippen LogP contribution >= 0.6 is 31.9 Å². The Labute approximate surface area is 353 Å². The average Bonchev–Trinajstić information content (AvgIpc) is 4.01. The average molecular weight is 946 g/mol. The van der Waals surface area contributed by atoms with Crippen LogP contribution in [0.1, 0.15) is 36.8 Å². The summed E-state index contributed by atoms with van der Waals surface area (Å²) in [6, 6.07) is 18.0. The number of nitrogens with one attached hydrogen (secondary N) is 3. The zero-order valence-electron chi connectivity index (χ0n) is 31.8. The summed E-state index contributed by atoms with van der Waals surface area (Å²) in [5, 5.41) is 29.0. The number of carbonyl (C=O) groups excluding carboxylic acids is 6. The number of imide groups is 1. The smallest absolute Gasteiger partial charge is 0.407 e. The first kappa shape index (κ1) is 48.2. The van der Waals surface area contributed by atoms with Gasteiger partial charge in [0.25, 0.3) is 11.8 Å². The minimum Gasteiger partial charge on any atom is -0.444 e. The first-order chi connectivity index (χ1) is 27.9. The lowest BCUT2D eigenvalue weighted by Gasteiger charge is -2.25. The maximum absolute atomic E-state index is 12.1. The molecule has 0 aromatic heterocycles. The lowest BCUT2D eigenvalue weighted by Crippen LogP contribution is -2.50. The van der Waals surface area contributed by atoms with Crippen molar-refractivity contribution in [1.82, 2.24) is 21.0 Å². The maximum atomic E-state index is 12.1. The highest BCUT2D eigenvalue weighted by molar-refractivity contribution is 9.09. The number of hydrogen-bond acceptors (Lipinski definition) is 14. The van der Waals surface area contributed by atoms with E-state index in [-0.39, 0.29) is 54.7 Å². The number of aliphatic hydroxyl groups excluding tert-OH is 2. The molecule has 0 bridgehead atoms. The quantitative estimate of drug-likeness (QED) is 0.103. The molecule has 18 nitrogen and oxygen atoms in total. The molecular formula is C38H51Br2N5O13. The summed E-state index contributed by atoms with van der Waals surface area (Å²) >= 11 is 5.89. The number of hydroxylamine groups is 2. The normalized spacial score (nSPS) is 19.2. The molecule has 0 spiro atoms. The lowest BCUT2D eigenvalue weighted by molar-refractivity contribution is -0.195. The third-order valence-corrected chi connectivity index (χ3v) is 9.60. The van der Waals surface area contributed by atoms with Crippen LogP contribution < -0.4 is 21.7 Å². The van der Waals surface area contributed by atoms with Gasteiger partial charge in [-0.3, -0.25) is 14.4 Å². The number of rotatable bonds is 16. The molecule has 0 radical (unpaired) electrons. The number of alkyl carbamates (subject to hydrolysis) is 2. The van der Waals surface area contributed by atoms with E-state index in [9.17, 15) is 39.0 Å². The zero-order chi connectivity index (χ0) is 42.3. The van der Waals surface area contributed by atoms with Crippen LogP contribution in [0.25, 0.3) is 0 Å². The van der Waals surface area contributed by atoms with Crippen molar-refractivity contribution in [2.24, 2.45) is 5.73 Å². The fourth-order valence-electron chi connectivity index (χ4n) is 5.54. The summed E-state index contributed by atoms with van der Waals surface area (Å²) in [5.41, 5.74) is 7.48. The Morgan fingerprint density at radius 2 is 1.22 bits per heavy atom. The highest BCUT2D eigenvalue weighted by atomic mass is 79.9. The van der Waals surface area contributed by atoms with E-state index in [0.717, 1.165) is 11.1 Å². The highest BCUT2D eigenvalue weighted by Gasteiger charge is 2.32. The van der Waals surface area contributed by atoms with E-state index in [0.29, 0.717) is 57.2 Å². The first-order valence-corrected chi connectivity index (χ1v) is 20.9. The number of ether oxygens (including phenoxy) is 4. The van der Waals surface area contributed by atoms with Gasteiger partial charge >= 0.3 is 18.2 Å². The first-order valence-electron chi connectivity index (χ1n) is 18.6. The largest absolute Gasteiger partial charge is 0.444 e. The molecule has 3 saturated heterocycles. The Balaban J connectivity index is 0.000000247. The van der Waals surface area contributed by atoms with Gasteiger partial charge in [-0.05, 0) is 24.0 Å². The van der Waals surface area contributed by atoms with Crippen molar-refractivity contribution in [3.05, 3.63) is 71.8 Å². The molecule has 3 aliphatic rings. The number of carbonyl (C=O) groups is 6. The molecule has 5 amide bonds. The number of nitrogens with two attached hydrogens (primary N) is 1. The molecule has 3 aliphatic heterocycles. The Morgan fingerprint density at radius 1 is 0.759 bits per heavy atom. The summed E-state index contributed by atoms with van der Waals surface area (Å²) in [6.07, 6.45) is -0.855. The molecule has 0 saturated carbocycles. The van der Waals surface area contributed by atoms with E-state index < -0.39 is 54.3 Å². The lowest BCUT2D eigenvalue weighted by atomic mass is 10.0. The molecule has 58 heavy (non-hydrogen) atoms. The van der Waals surface area contributed by atoms with E-state index in [1.54, 1.807) is 0 Å². The predicted molar refractivity (Wildman–Crippen MR) is 214 cm³/mol. The SMILES string of the molecule is NC[C@@H](O)[C@H](Cc1ccccc1)NC(=O)O[C@H]1CCOC1.O=C(CBr)NC[C@@H](O)[C@H](Cc1ccccc1)NC(=O)O[C@H]1CCOC1.O=C(CBr)ON1C(=O)CCC1=O. The number of halogens is 2. The molecule has 320 valence electrons. The highest BCUT2D eigenvalue weighted by Crippen LogP contribution is 2.14. The van der Waals surface area contributed by atoms with Gasteiger partial charge in [-0.15, -0.1) is 5.06 Å². The maximum Gasteiger partial charge on any atom is 0.407 e. The van der Waals surface area contributed by atoms with Crippen LogP contribution in [0.3, 0.4) is 0 Å². The number of amides is 5.